The molecule has 0 aliphatic rings. The average Bonchev–Trinajstić information content (AvgIpc) is 2.99. The van der Waals surface area contributed by atoms with Crippen molar-refractivity contribution in [3.05, 3.63) is 52.3 Å². The third-order valence-electron chi connectivity index (χ3n) is 5.36. The van der Waals surface area contributed by atoms with Crippen LogP contribution in [0.25, 0.3) is 22.2 Å². The number of aliphatic hydroxyl groups is 1. The Bertz CT molecular complexity index is 984. The molecule has 0 unspecified atom stereocenters. The Morgan fingerprint density at radius 1 is 1.28 bits per heavy atom. The monoisotopic (exact) mass is 480 g/mol. The van der Waals surface area contributed by atoms with Gasteiger partial charge < -0.3 is 14.4 Å². The van der Waals surface area contributed by atoms with Crippen LogP contribution in [0.2, 0.25) is 0 Å². The molecule has 158 valence electrons. The van der Waals surface area contributed by atoms with E-state index in [4.69, 9.17) is 4.74 Å². The molecule has 0 amide bonds. The van der Waals surface area contributed by atoms with Crippen molar-refractivity contribution in [3.8, 4) is 11.3 Å². The summed E-state index contributed by atoms with van der Waals surface area (Å²) in [5, 5.41) is 11.2. The molecule has 1 atom stereocenters. The van der Waals surface area contributed by atoms with Crippen molar-refractivity contribution < 1.29 is 9.84 Å². The van der Waals surface area contributed by atoms with Crippen molar-refractivity contribution in [2.45, 2.75) is 46.8 Å². The normalized spacial score (nSPS) is 12.8. The number of hydrogen-bond acceptors (Lipinski definition) is 3. The highest BCUT2D eigenvalue weighted by molar-refractivity contribution is 9.10. The third kappa shape index (κ3) is 4.69. The molecule has 0 fully saturated rings. The molecule has 3 rings (SSSR count). The zero-order valence-corrected chi connectivity index (χ0v) is 20.1. The van der Waals surface area contributed by atoms with Crippen LogP contribution in [0, 0.1) is 5.41 Å². The zero-order valence-electron chi connectivity index (χ0n) is 17.7. The van der Waals surface area contributed by atoms with Gasteiger partial charge in [0.25, 0.3) is 0 Å². The lowest BCUT2D eigenvalue weighted by Crippen LogP contribution is -2.20. The van der Waals surface area contributed by atoms with Crippen molar-refractivity contribution in [2.24, 2.45) is 5.41 Å². The van der Waals surface area contributed by atoms with E-state index in [1.54, 1.807) is 7.11 Å². The van der Waals surface area contributed by atoms with Gasteiger partial charge in [-0.15, -0.1) is 12.4 Å². The summed E-state index contributed by atoms with van der Waals surface area (Å²) in [5.74, 6) is 0. The molecular weight excluding hydrogens is 452 g/mol. The molecule has 1 aromatic carbocycles. The first-order valence-electron chi connectivity index (χ1n) is 9.72. The van der Waals surface area contributed by atoms with Crippen molar-refractivity contribution in [3.63, 3.8) is 0 Å². The van der Waals surface area contributed by atoms with Gasteiger partial charge in [-0.05, 0) is 61.6 Å². The number of aromatic nitrogens is 2. The average molecular weight is 482 g/mol. The molecule has 4 nitrogen and oxygen atoms in total. The van der Waals surface area contributed by atoms with E-state index in [9.17, 15) is 5.11 Å². The summed E-state index contributed by atoms with van der Waals surface area (Å²) in [6.45, 7) is 9.38. The van der Waals surface area contributed by atoms with Crippen LogP contribution in [0.5, 0.6) is 0 Å². The lowest BCUT2D eigenvalue weighted by molar-refractivity contribution is 0.116. The molecule has 3 aromatic rings. The molecule has 0 radical (unpaired) electrons. The number of nitrogens with zero attached hydrogens (tertiary/aromatic N) is 2. The van der Waals surface area contributed by atoms with Crippen LogP contribution in [0.1, 0.15) is 45.1 Å². The van der Waals surface area contributed by atoms with E-state index in [-0.39, 0.29) is 30.5 Å². The standard InChI is InChI=1S/C23H29BrN2O2.ClH/c1-6-26-20-10-9-16(24)12-18(20)19(13-23(3,4)14-27)22(26)17-8-7-11-25-21(17)15(2)28-5;/h7-12,15,27H,6,13-14H2,1-5H3;1H/t15-;/m0./s1. The van der Waals surface area contributed by atoms with Crippen molar-refractivity contribution in [1.29, 1.82) is 0 Å². The molecule has 0 saturated heterocycles. The third-order valence-corrected chi connectivity index (χ3v) is 5.86. The lowest BCUT2D eigenvalue weighted by atomic mass is 9.84. The van der Waals surface area contributed by atoms with Gasteiger partial charge in [0, 0.05) is 47.4 Å². The van der Waals surface area contributed by atoms with E-state index in [1.807, 2.05) is 19.2 Å². The second-order valence-electron chi connectivity index (χ2n) is 8.05. The van der Waals surface area contributed by atoms with Crippen LogP contribution in [-0.4, -0.2) is 28.4 Å². The Morgan fingerprint density at radius 3 is 2.62 bits per heavy atom. The van der Waals surface area contributed by atoms with Gasteiger partial charge >= 0.3 is 0 Å². The summed E-state index contributed by atoms with van der Waals surface area (Å²) in [6.07, 6.45) is 2.49. The Labute approximate surface area is 187 Å². The maximum absolute atomic E-state index is 9.94. The molecule has 1 N–H and O–H groups in total. The zero-order chi connectivity index (χ0) is 20.5. The molecule has 0 spiro atoms. The fraction of sp³-hybridized carbons (Fsp3) is 0.435. The number of fused-ring (bicyclic) bond motifs is 1. The number of aliphatic hydroxyl groups excluding tert-OH is 1. The van der Waals surface area contributed by atoms with Gasteiger partial charge in [0.15, 0.2) is 0 Å². The number of pyridine rings is 1. The number of rotatable bonds is 7. The molecule has 2 aromatic heterocycles. The SMILES string of the molecule is CCn1c(-c2cccnc2[C@H](C)OC)c(CC(C)(C)CO)c2cc(Br)ccc21.Cl. The maximum Gasteiger partial charge on any atom is 0.0969 e. The van der Waals surface area contributed by atoms with Crippen LogP contribution in [0.3, 0.4) is 0 Å². The Morgan fingerprint density at radius 2 is 2.00 bits per heavy atom. The van der Waals surface area contributed by atoms with Crippen LogP contribution >= 0.6 is 28.3 Å². The number of aryl methyl sites for hydroxylation is 1. The molecule has 6 heteroatoms. The summed E-state index contributed by atoms with van der Waals surface area (Å²) in [4.78, 5) is 4.65. The summed E-state index contributed by atoms with van der Waals surface area (Å²) < 4.78 is 9.02. The number of halogens is 2. The second kappa shape index (κ2) is 9.61. The van der Waals surface area contributed by atoms with E-state index in [0.717, 1.165) is 28.7 Å². The summed E-state index contributed by atoms with van der Waals surface area (Å²) >= 11 is 3.63. The smallest absolute Gasteiger partial charge is 0.0969 e. The van der Waals surface area contributed by atoms with Crippen molar-refractivity contribution >= 4 is 39.2 Å². The first-order valence-corrected chi connectivity index (χ1v) is 10.5. The molecule has 2 heterocycles. The van der Waals surface area contributed by atoms with Gasteiger partial charge in [-0.1, -0.05) is 29.8 Å². The second-order valence-corrected chi connectivity index (χ2v) is 8.96. The molecule has 0 bridgehead atoms. The fourth-order valence-electron chi connectivity index (χ4n) is 3.80. The first-order chi connectivity index (χ1) is 13.3. The first kappa shape index (κ1) is 23.9. The molecule has 0 aliphatic carbocycles. The van der Waals surface area contributed by atoms with Crippen LogP contribution in [-0.2, 0) is 17.7 Å². The minimum Gasteiger partial charge on any atom is -0.396 e. The van der Waals surface area contributed by atoms with E-state index in [2.05, 4.69) is 70.5 Å². The molecule has 0 saturated carbocycles. The van der Waals surface area contributed by atoms with Crippen LogP contribution in [0.15, 0.2) is 41.0 Å². The minimum atomic E-state index is -0.223. The van der Waals surface area contributed by atoms with E-state index in [0.29, 0.717) is 0 Å². The highest BCUT2D eigenvalue weighted by Gasteiger charge is 2.27. The van der Waals surface area contributed by atoms with Gasteiger partial charge in [-0.3, -0.25) is 4.98 Å². The largest absolute Gasteiger partial charge is 0.396 e. The summed E-state index contributed by atoms with van der Waals surface area (Å²) in [6, 6.07) is 10.5. The molecule has 0 aliphatic heterocycles. The summed E-state index contributed by atoms with van der Waals surface area (Å²) in [5.41, 5.74) is 5.42. The van der Waals surface area contributed by atoms with Gasteiger partial charge in [-0.25, -0.2) is 0 Å². The van der Waals surface area contributed by atoms with E-state index < -0.39 is 0 Å². The Hall–Kier alpha value is -1.40. The maximum atomic E-state index is 9.94. The van der Waals surface area contributed by atoms with Gasteiger partial charge in [0.1, 0.15) is 0 Å². The topological polar surface area (TPSA) is 47.3 Å². The van der Waals surface area contributed by atoms with E-state index >= 15 is 0 Å². The Kier molecular flexibility index (Phi) is 7.91. The lowest BCUT2D eigenvalue weighted by Gasteiger charge is -2.23. The fourth-order valence-corrected chi connectivity index (χ4v) is 4.16. The molecular formula is C23H30BrClN2O2. The number of hydrogen-bond donors (Lipinski definition) is 1. The predicted octanol–water partition coefficient (Wildman–Crippen LogP) is 6.18. The predicted molar refractivity (Wildman–Crippen MR) is 126 cm³/mol. The molecule has 29 heavy (non-hydrogen) atoms. The van der Waals surface area contributed by atoms with Gasteiger partial charge in [0.05, 0.1) is 17.5 Å². The number of ether oxygens (including phenoxy) is 1. The highest BCUT2D eigenvalue weighted by Crippen LogP contribution is 2.40. The van der Waals surface area contributed by atoms with Crippen molar-refractivity contribution in [2.75, 3.05) is 13.7 Å². The highest BCUT2D eigenvalue weighted by atomic mass is 79.9. The Balaban J connectivity index is 0.00000300. The van der Waals surface area contributed by atoms with Gasteiger partial charge in [0.2, 0.25) is 0 Å². The van der Waals surface area contributed by atoms with Gasteiger partial charge in [-0.2, -0.15) is 0 Å². The van der Waals surface area contributed by atoms with Crippen molar-refractivity contribution in [1.82, 2.24) is 9.55 Å². The van der Waals surface area contributed by atoms with Crippen LogP contribution in [0.4, 0.5) is 0 Å². The minimum absolute atomic E-state index is 0. The number of benzene rings is 1. The van der Waals surface area contributed by atoms with Crippen LogP contribution < -0.4 is 0 Å². The van der Waals surface area contributed by atoms with E-state index in [1.165, 1.54) is 22.2 Å². The summed E-state index contributed by atoms with van der Waals surface area (Å²) in [7, 11) is 1.71. The number of methoxy groups -OCH3 is 1. The quantitative estimate of drug-likeness (QED) is 0.438.